The number of nitrogens with zero attached hydrogens (tertiary/aromatic N) is 3. The molecule has 0 spiro atoms. The Morgan fingerprint density at radius 3 is 2.28 bits per heavy atom. The highest BCUT2D eigenvalue weighted by atomic mass is 32.2. The number of nitrogens with two attached hydrogens (primary N) is 2. The Bertz CT molecular complexity index is 697. The molecule has 2 unspecified atom stereocenters. The van der Waals surface area contributed by atoms with E-state index in [1.54, 1.807) is 6.26 Å². The molecule has 0 amide bonds. The van der Waals surface area contributed by atoms with Crippen LogP contribution < -0.4 is 17.1 Å². The van der Waals surface area contributed by atoms with Gasteiger partial charge in [-0.15, -0.1) is 10.2 Å². The normalized spacial score (nSPS) is 14.8. The summed E-state index contributed by atoms with van der Waals surface area (Å²) < 4.78 is 11.7. The van der Waals surface area contributed by atoms with Crippen molar-refractivity contribution >= 4 is 25.1 Å². The summed E-state index contributed by atoms with van der Waals surface area (Å²) in [6.07, 6.45) is 1.80. The Hall–Kier alpha value is -1.42. The molecule has 0 aliphatic heterocycles. The fourth-order valence-electron chi connectivity index (χ4n) is 1.50. The number of nitrogen functional groups attached to an aromatic ring is 1. The van der Waals surface area contributed by atoms with E-state index in [1.165, 1.54) is 18.4 Å². The van der Waals surface area contributed by atoms with Crippen LogP contribution in [0.5, 0.6) is 0 Å². The number of carbonyl (C=O) groups is 1. The number of carboxylic acids is 1. The minimum Gasteiger partial charge on any atom is -0.480 e. The van der Waals surface area contributed by atoms with Gasteiger partial charge in [-0.05, 0) is 12.7 Å². The maximum absolute atomic E-state index is 11.7. The Morgan fingerprint density at radius 1 is 1.40 bits per heavy atom. The van der Waals surface area contributed by atoms with Crippen LogP contribution in [0.15, 0.2) is 9.95 Å². The van der Waals surface area contributed by atoms with Gasteiger partial charge in [0.15, 0.2) is 7.37 Å². The van der Waals surface area contributed by atoms with Crippen LogP contribution in [0.3, 0.4) is 0 Å². The lowest BCUT2D eigenvalue weighted by Gasteiger charge is -2.16. The summed E-state index contributed by atoms with van der Waals surface area (Å²) >= 11 is 1.29. The topological polar surface area (TPSA) is 174 Å². The summed E-state index contributed by atoms with van der Waals surface area (Å²) in [5, 5.41) is 16.5. The van der Waals surface area contributed by atoms with Gasteiger partial charge < -0.3 is 21.6 Å². The third-order valence-corrected chi connectivity index (χ3v) is 4.66. The lowest BCUT2D eigenvalue weighted by molar-refractivity contribution is -0.138. The standard InChI is InChI=1S/C8H14N4OS.C5H12NO4P/c1-8(2,3)5-6(13)12(9)7(14-4)11-10-5;1-11(9,10)3-2-4(6)5(7)8/h9H2,1-4H3;4H,2-3,6H2,1H3,(H,7,8)(H,9,10). The third kappa shape index (κ3) is 8.48. The summed E-state index contributed by atoms with van der Waals surface area (Å²) in [5.41, 5.74) is 4.87. The van der Waals surface area contributed by atoms with Crippen molar-refractivity contribution < 1.29 is 19.4 Å². The molecule has 25 heavy (non-hydrogen) atoms. The van der Waals surface area contributed by atoms with E-state index in [-0.39, 0.29) is 23.6 Å². The average Bonchev–Trinajstić information content (AvgIpc) is 2.46. The molecule has 0 saturated carbocycles. The van der Waals surface area contributed by atoms with Gasteiger partial charge in [-0.3, -0.25) is 14.2 Å². The lowest BCUT2D eigenvalue weighted by atomic mass is 9.93. The second-order valence-electron chi connectivity index (χ2n) is 6.47. The van der Waals surface area contributed by atoms with Gasteiger partial charge in [0, 0.05) is 18.2 Å². The molecule has 0 aromatic carbocycles. The van der Waals surface area contributed by atoms with Crippen molar-refractivity contribution in [2.75, 3.05) is 24.9 Å². The van der Waals surface area contributed by atoms with Gasteiger partial charge in [-0.2, -0.15) is 4.68 Å². The molecular formula is C13H26N5O5PS. The number of aliphatic carboxylic acids is 1. The fourth-order valence-corrected chi connectivity index (χ4v) is 2.66. The van der Waals surface area contributed by atoms with Gasteiger partial charge in [-0.1, -0.05) is 32.5 Å². The first-order valence-corrected chi connectivity index (χ1v) is 10.8. The first kappa shape index (κ1) is 23.6. The van der Waals surface area contributed by atoms with Crippen molar-refractivity contribution in [3.05, 3.63) is 16.0 Å². The van der Waals surface area contributed by atoms with Crippen molar-refractivity contribution in [2.45, 2.75) is 43.8 Å². The molecule has 0 bridgehead atoms. The third-order valence-electron chi connectivity index (χ3n) is 2.93. The van der Waals surface area contributed by atoms with Crippen LogP contribution >= 0.6 is 19.1 Å². The molecule has 0 aliphatic carbocycles. The van der Waals surface area contributed by atoms with E-state index in [1.807, 2.05) is 20.8 Å². The number of carboxylic acid groups (broad SMARTS) is 1. The molecule has 1 aromatic rings. The molecule has 0 aliphatic rings. The molecule has 12 heteroatoms. The van der Waals surface area contributed by atoms with E-state index in [0.717, 1.165) is 4.68 Å². The summed E-state index contributed by atoms with van der Waals surface area (Å²) in [6, 6.07) is -1.03. The van der Waals surface area contributed by atoms with Crippen LogP contribution in [0.2, 0.25) is 0 Å². The van der Waals surface area contributed by atoms with E-state index >= 15 is 0 Å². The highest BCUT2D eigenvalue weighted by Crippen LogP contribution is 2.35. The Kier molecular flexibility index (Phi) is 8.80. The van der Waals surface area contributed by atoms with Crippen molar-refractivity contribution in [3.63, 3.8) is 0 Å². The van der Waals surface area contributed by atoms with Gasteiger partial charge in [-0.25, -0.2) is 0 Å². The zero-order chi connectivity index (χ0) is 20.0. The average molecular weight is 395 g/mol. The van der Waals surface area contributed by atoms with Crippen LogP contribution in [0.25, 0.3) is 0 Å². The predicted molar refractivity (Wildman–Crippen MR) is 97.8 cm³/mol. The predicted octanol–water partition coefficient (Wildman–Crippen LogP) is 0.0601. The van der Waals surface area contributed by atoms with Crippen molar-refractivity contribution in [3.8, 4) is 0 Å². The number of rotatable bonds is 5. The second-order valence-corrected chi connectivity index (χ2v) is 9.79. The van der Waals surface area contributed by atoms with E-state index in [9.17, 15) is 14.2 Å². The van der Waals surface area contributed by atoms with Crippen molar-refractivity contribution in [2.24, 2.45) is 5.73 Å². The number of aromatic nitrogens is 3. The SMILES string of the molecule is CP(=O)(O)CCC(N)C(=O)O.CSc1nnc(C(C)(C)C)c(=O)n1N. The number of hydrogen-bond acceptors (Lipinski definition) is 8. The van der Waals surface area contributed by atoms with Crippen LogP contribution in [0, 0.1) is 0 Å². The smallest absolute Gasteiger partial charge is 0.320 e. The first-order valence-electron chi connectivity index (χ1n) is 7.27. The fraction of sp³-hybridized carbons (Fsp3) is 0.692. The Morgan fingerprint density at radius 2 is 1.92 bits per heavy atom. The Balaban J connectivity index is 0.000000477. The van der Waals surface area contributed by atoms with Crippen LogP contribution in [0.4, 0.5) is 0 Å². The summed E-state index contributed by atoms with van der Waals surface area (Å²) in [5.74, 6) is 4.43. The van der Waals surface area contributed by atoms with Gasteiger partial charge in [0.1, 0.15) is 11.7 Å². The molecule has 0 saturated heterocycles. The van der Waals surface area contributed by atoms with Gasteiger partial charge in [0.2, 0.25) is 5.16 Å². The van der Waals surface area contributed by atoms with E-state index < -0.39 is 19.4 Å². The number of hydrogen-bond donors (Lipinski definition) is 4. The molecule has 6 N–H and O–H groups in total. The maximum Gasteiger partial charge on any atom is 0.320 e. The molecular weight excluding hydrogens is 369 g/mol. The molecule has 1 heterocycles. The molecule has 0 fully saturated rings. The minimum atomic E-state index is -3.10. The summed E-state index contributed by atoms with van der Waals surface area (Å²) in [7, 11) is -3.10. The van der Waals surface area contributed by atoms with Crippen LogP contribution in [-0.2, 0) is 14.8 Å². The highest BCUT2D eigenvalue weighted by Gasteiger charge is 2.22. The number of thioether (sulfide) groups is 1. The second kappa shape index (κ2) is 9.33. The molecule has 144 valence electrons. The molecule has 1 rings (SSSR count). The molecule has 10 nitrogen and oxygen atoms in total. The van der Waals surface area contributed by atoms with Crippen molar-refractivity contribution in [1.82, 2.24) is 14.9 Å². The maximum atomic E-state index is 11.7. The van der Waals surface area contributed by atoms with Crippen LogP contribution in [-0.4, -0.2) is 56.0 Å². The van der Waals surface area contributed by atoms with Gasteiger partial charge in [0.25, 0.3) is 5.56 Å². The zero-order valence-electron chi connectivity index (χ0n) is 15.0. The Labute approximate surface area is 150 Å². The molecule has 1 aromatic heterocycles. The lowest BCUT2D eigenvalue weighted by Crippen LogP contribution is -2.37. The molecule has 0 radical (unpaired) electrons. The monoisotopic (exact) mass is 395 g/mol. The zero-order valence-corrected chi connectivity index (χ0v) is 16.7. The van der Waals surface area contributed by atoms with Gasteiger partial charge >= 0.3 is 5.97 Å². The van der Waals surface area contributed by atoms with E-state index in [0.29, 0.717) is 10.9 Å². The van der Waals surface area contributed by atoms with Crippen molar-refractivity contribution in [1.29, 1.82) is 0 Å². The van der Waals surface area contributed by atoms with Crippen LogP contribution in [0.1, 0.15) is 32.9 Å². The first-order chi connectivity index (χ1) is 11.2. The summed E-state index contributed by atoms with van der Waals surface area (Å²) in [4.78, 5) is 30.6. The minimum absolute atomic E-state index is 0.0412. The quantitative estimate of drug-likeness (QED) is 0.303. The van der Waals surface area contributed by atoms with E-state index in [4.69, 9.17) is 21.6 Å². The van der Waals surface area contributed by atoms with Gasteiger partial charge in [0.05, 0.1) is 0 Å². The van der Waals surface area contributed by atoms with E-state index in [2.05, 4.69) is 10.2 Å². The largest absolute Gasteiger partial charge is 0.480 e. The highest BCUT2D eigenvalue weighted by molar-refractivity contribution is 7.98. The molecule has 2 atom stereocenters. The summed E-state index contributed by atoms with van der Waals surface area (Å²) in [6.45, 7) is 6.88.